The van der Waals surface area contributed by atoms with Gasteiger partial charge in [0.25, 0.3) is 0 Å². The van der Waals surface area contributed by atoms with Crippen LogP contribution in [0.5, 0.6) is 0 Å². The van der Waals surface area contributed by atoms with Gasteiger partial charge in [0.15, 0.2) is 5.69 Å². The fourth-order valence-electron chi connectivity index (χ4n) is 2.81. The zero-order valence-electron chi connectivity index (χ0n) is 14.3. The summed E-state index contributed by atoms with van der Waals surface area (Å²) in [5.41, 5.74) is 3.83. The molecule has 0 bridgehead atoms. The molecule has 0 fully saturated rings. The molecule has 6 nitrogen and oxygen atoms in total. The molecule has 0 aliphatic rings. The molecule has 0 aliphatic carbocycles. The Morgan fingerprint density at radius 3 is 2.44 bits per heavy atom. The van der Waals surface area contributed by atoms with Crippen LogP contribution in [-0.4, -0.2) is 20.9 Å². The van der Waals surface area contributed by atoms with Gasteiger partial charge in [0.1, 0.15) is 12.1 Å². The van der Waals surface area contributed by atoms with E-state index in [9.17, 15) is 10.1 Å². The molecule has 0 radical (unpaired) electrons. The fraction of sp³-hybridized carbons (Fsp3) is 0.100. The van der Waals surface area contributed by atoms with Gasteiger partial charge in [-0.3, -0.25) is 4.68 Å². The number of rotatable bonds is 4. The van der Waals surface area contributed by atoms with Gasteiger partial charge in [-0.25, -0.2) is 4.79 Å². The highest BCUT2D eigenvalue weighted by molar-refractivity contribution is 6.32. The Bertz CT molecular complexity index is 1120. The van der Waals surface area contributed by atoms with Crippen LogP contribution < -0.4 is 0 Å². The Kier molecular flexibility index (Phi) is 4.94. The Labute approximate surface area is 160 Å². The van der Waals surface area contributed by atoms with E-state index in [-0.39, 0.29) is 11.3 Å². The van der Waals surface area contributed by atoms with E-state index >= 15 is 0 Å². The second kappa shape index (κ2) is 7.33. The third-order valence-electron chi connectivity index (χ3n) is 4.22. The molecule has 3 rings (SSSR count). The van der Waals surface area contributed by atoms with Gasteiger partial charge in [0.05, 0.1) is 22.7 Å². The van der Waals surface area contributed by atoms with Crippen LogP contribution in [0, 0.1) is 29.6 Å². The van der Waals surface area contributed by atoms with Crippen LogP contribution >= 0.6 is 11.6 Å². The van der Waals surface area contributed by atoms with E-state index in [0.29, 0.717) is 28.3 Å². The molecule has 3 aromatic rings. The summed E-state index contributed by atoms with van der Waals surface area (Å²) in [6.07, 6.45) is 0. The van der Waals surface area contributed by atoms with Crippen LogP contribution in [0.2, 0.25) is 5.02 Å². The average molecular weight is 377 g/mol. The molecule has 1 aromatic heterocycles. The van der Waals surface area contributed by atoms with Gasteiger partial charge in [0.2, 0.25) is 0 Å². The molecule has 27 heavy (non-hydrogen) atoms. The Hall–Kier alpha value is -3.61. The van der Waals surface area contributed by atoms with Gasteiger partial charge in [-0.1, -0.05) is 29.8 Å². The molecule has 0 unspecified atom stereocenters. The van der Waals surface area contributed by atoms with Crippen LogP contribution in [-0.2, 0) is 6.54 Å². The molecular weight excluding hydrogens is 364 g/mol. The van der Waals surface area contributed by atoms with Crippen molar-refractivity contribution in [3.63, 3.8) is 0 Å². The lowest BCUT2D eigenvalue weighted by atomic mass is 10.0. The smallest absolute Gasteiger partial charge is 0.335 e. The van der Waals surface area contributed by atoms with E-state index in [1.54, 1.807) is 35.0 Å². The molecule has 0 atom stereocenters. The first-order valence-electron chi connectivity index (χ1n) is 7.94. The summed E-state index contributed by atoms with van der Waals surface area (Å²) in [6, 6.07) is 15.6. The van der Waals surface area contributed by atoms with Crippen molar-refractivity contribution < 1.29 is 9.90 Å². The molecule has 0 aliphatic heterocycles. The van der Waals surface area contributed by atoms with Gasteiger partial charge < -0.3 is 5.11 Å². The summed E-state index contributed by atoms with van der Waals surface area (Å²) in [6.45, 7) is 2.24. The van der Waals surface area contributed by atoms with E-state index in [1.807, 2.05) is 13.0 Å². The molecule has 0 saturated carbocycles. The molecule has 132 valence electrons. The molecule has 0 spiro atoms. The highest BCUT2D eigenvalue weighted by atomic mass is 35.5. The first-order chi connectivity index (χ1) is 12.9. The maximum atomic E-state index is 11.0. The summed E-state index contributed by atoms with van der Waals surface area (Å²) in [4.78, 5) is 11.0. The highest BCUT2D eigenvalue weighted by Gasteiger charge is 2.17. The fourth-order valence-corrected chi connectivity index (χ4v) is 3.03. The van der Waals surface area contributed by atoms with Crippen LogP contribution in [0.25, 0.3) is 11.1 Å². The Balaban J connectivity index is 2.00. The zero-order valence-corrected chi connectivity index (χ0v) is 15.0. The summed E-state index contributed by atoms with van der Waals surface area (Å²) < 4.78 is 1.69. The predicted octanol–water partition coefficient (Wildman–Crippen LogP) is 4.00. The molecule has 2 aromatic carbocycles. The van der Waals surface area contributed by atoms with E-state index in [0.717, 1.165) is 11.3 Å². The maximum absolute atomic E-state index is 11.0. The van der Waals surface area contributed by atoms with Gasteiger partial charge >= 0.3 is 5.97 Å². The Morgan fingerprint density at radius 2 is 1.89 bits per heavy atom. The number of carboxylic acid groups (broad SMARTS) is 1. The SMILES string of the molecule is Cc1c(-c2ccc(C#N)c(Cl)c2)c(C#N)nn1Cc1ccc(C(=O)O)cc1. The number of hydrogen-bond acceptors (Lipinski definition) is 4. The minimum Gasteiger partial charge on any atom is -0.478 e. The number of nitrogens with zero attached hydrogens (tertiary/aromatic N) is 4. The van der Waals surface area contributed by atoms with Crippen molar-refractivity contribution in [3.05, 3.63) is 75.6 Å². The number of benzene rings is 2. The number of carboxylic acids is 1. The second-order valence-corrected chi connectivity index (χ2v) is 6.29. The lowest BCUT2D eigenvalue weighted by molar-refractivity contribution is 0.0697. The number of halogens is 1. The molecule has 7 heteroatoms. The minimum absolute atomic E-state index is 0.210. The minimum atomic E-state index is -0.983. The number of aromatic nitrogens is 2. The molecular formula is C20H13ClN4O2. The summed E-state index contributed by atoms with van der Waals surface area (Å²) in [5.74, 6) is -0.983. The first kappa shape index (κ1) is 18.2. The third kappa shape index (κ3) is 3.52. The monoisotopic (exact) mass is 376 g/mol. The van der Waals surface area contributed by atoms with Crippen molar-refractivity contribution >= 4 is 17.6 Å². The molecule has 1 N–H and O–H groups in total. The lowest BCUT2D eigenvalue weighted by Crippen LogP contribution is -2.05. The standard InChI is InChI=1S/C20H13ClN4O2/c1-12-19(15-6-7-16(9-22)17(21)8-15)18(10-23)24-25(12)11-13-2-4-14(5-3-13)20(26)27/h2-8H,11H2,1H3,(H,26,27). The van der Waals surface area contributed by atoms with Gasteiger partial charge in [-0.15, -0.1) is 0 Å². The van der Waals surface area contributed by atoms with Crippen LogP contribution in [0.1, 0.15) is 32.9 Å². The largest absolute Gasteiger partial charge is 0.478 e. The normalized spacial score (nSPS) is 10.2. The van der Waals surface area contributed by atoms with Crippen LogP contribution in [0.15, 0.2) is 42.5 Å². The van der Waals surface area contributed by atoms with Crippen molar-refractivity contribution in [3.8, 4) is 23.3 Å². The number of nitriles is 2. The topological polar surface area (TPSA) is 103 Å². The van der Waals surface area contributed by atoms with Crippen LogP contribution in [0.3, 0.4) is 0 Å². The number of hydrogen-bond donors (Lipinski definition) is 1. The summed E-state index contributed by atoms with van der Waals surface area (Å²) in [5, 5.41) is 32.2. The molecule has 1 heterocycles. The predicted molar refractivity (Wildman–Crippen MR) is 99.3 cm³/mol. The van der Waals surface area contributed by atoms with Gasteiger partial charge in [-0.05, 0) is 42.3 Å². The van der Waals surface area contributed by atoms with E-state index in [1.165, 1.54) is 12.1 Å². The number of carbonyl (C=O) groups is 1. The highest BCUT2D eigenvalue weighted by Crippen LogP contribution is 2.30. The molecule has 0 amide bonds. The maximum Gasteiger partial charge on any atom is 0.335 e. The van der Waals surface area contributed by atoms with Crippen LogP contribution in [0.4, 0.5) is 0 Å². The van der Waals surface area contributed by atoms with Gasteiger partial charge in [-0.2, -0.15) is 15.6 Å². The number of aromatic carboxylic acids is 1. The first-order valence-corrected chi connectivity index (χ1v) is 8.32. The van der Waals surface area contributed by atoms with E-state index in [4.69, 9.17) is 22.0 Å². The molecule has 0 saturated heterocycles. The zero-order chi connectivity index (χ0) is 19.6. The average Bonchev–Trinajstić information content (AvgIpc) is 2.97. The lowest BCUT2D eigenvalue weighted by Gasteiger charge is -2.07. The quantitative estimate of drug-likeness (QED) is 0.741. The summed E-state index contributed by atoms with van der Waals surface area (Å²) in [7, 11) is 0. The second-order valence-electron chi connectivity index (χ2n) is 5.89. The van der Waals surface area contributed by atoms with Crippen molar-refractivity contribution in [1.82, 2.24) is 9.78 Å². The van der Waals surface area contributed by atoms with E-state index < -0.39 is 5.97 Å². The van der Waals surface area contributed by atoms with Crippen molar-refractivity contribution in [1.29, 1.82) is 10.5 Å². The Morgan fingerprint density at radius 1 is 1.19 bits per heavy atom. The summed E-state index contributed by atoms with van der Waals surface area (Å²) >= 11 is 6.12. The third-order valence-corrected chi connectivity index (χ3v) is 4.54. The van der Waals surface area contributed by atoms with Gasteiger partial charge in [0, 0.05) is 11.3 Å². The van der Waals surface area contributed by atoms with Crippen molar-refractivity contribution in [2.24, 2.45) is 0 Å². The van der Waals surface area contributed by atoms with Crippen molar-refractivity contribution in [2.75, 3.05) is 0 Å². The van der Waals surface area contributed by atoms with Crippen molar-refractivity contribution in [2.45, 2.75) is 13.5 Å². The van der Waals surface area contributed by atoms with E-state index in [2.05, 4.69) is 11.2 Å².